The van der Waals surface area contributed by atoms with Crippen molar-refractivity contribution in [3.8, 4) is 0 Å². The number of hydrogen-bond donors (Lipinski definition) is 0. The molecule has 18 rings (SSSR count). The molecule has 126 heavy (non-hydrogen) atoms. The van der Waals surface area contributed by atoms with Gasteiger partial charge < -0.3 is 88.2 Å². The highest BCUT2D eigenvalue weighted by molar-refractivity contribution is 4.91. The monoisotopic (exact) mass is 1770 g/mol. The predicted molar refractivity (Wildman–Crippen MR) is 544 cm³/mol. The highest BCUT2D eigenvalue weighted by atomic mass is 15.3. The van der Waals surface area contributed by atoms with Crippen LogP contribution in [-0.2, 0) is 0 Å². The Hall–Kier alpha value is -0.720. The van der Waals surface area contributed by atoms with Crippen LogP contribution in [0.2, 0.25) is 0 Å². The molecule has 18 aliphatic rings. The summed E-state index contributed by atoms with van der Waals surface area (Å²) in [6, 6.07) is 0. The molecule has 0 radical (unpaired) electrons. The maximum absolute atomic E-state index is 2.72. The lowest BCUT2D eigenvalue weighted by molar-refractivity contribution is 0.0317. The zero-order valence-electron chi connectivity index (χ0n) is 87.4. The van der Waals surface area contributed by atoms with Crippen LogP contribution >= 0.6 is 0 Å². The molecule has 0 aromatic carbocycles. The summed E-state index contributed by atoms with van der Waals surface area (Å²) in [5, 5.41) is 0. The SMILES string of the molecule is CCC1CCN(CC2CCN(C)C2)C1.CCC1CCN(CC2CCN(C)C2)CC1.CCC1CCN(CC2CCN(C)CC2)C1.CCC1CCN(CC2CCN(C)CC2)CC1.CCC1CCN(CC2CN(C)C2)C1.CCC1CCN(CC2CN(C)C2)CC1.CCC1CN(CC2CCN(C)C2)C1.CCC1CN(CC2CCN(C)CC2)C1.CCC1CN(CC2CN(C)C2)C1. The smallest absolute Gasteiger partial charge is 0.00344 e. The molecule has 18 fully saturated rings. The highest BCUT2D eigenvalue weighted by Gasteiger charge is 2.37. The topological polar surface area (TPSA) is 58.3 Å². The first kappa shape index (κ1) is 107. The number of likely N-dealkylation sites (tertiary alicyclic amines) is 18. The standard InChI is InChI=1S/C14H28N2.2C13H26N2.3C12H24N2.2C11H22N2.C10H20N2/c1-3-13-6-10-16(11-7-13)12-14-4-8-15(2)9-5-14;1-3-12-6-9-15(10-12)11-13-4-7-14(2)8-5-13;1-3-12-5-8-15(9-6-12)11-13-4-7-14(2)10-13;1-3-11-8-14(9-11)10-12-4-6-13(2)7-5-12;1-3-11-5-7-14(9-11)10-12-4-6-13(2)8-12;1-3-11-4-6-14(7-5-11)10-12-8-13(2)9-12;1-3-10-7-13(8-10)9-11-4-5-12(2)6-11;1-3-10-4-5-13(8-10)9-11-6-12(2)7-11;1-3-9-6-12(7-9)8-10-4-11(2)5-10/h13-14H,3-12H2,1-2H3;2*12-13H,3-11H2,1-2H3;3*11-12H,3-10H2,1-2H3;2*10-11H,3-9H2,1-2H3;9-10H,3-8H2,1-2H3. The number of nitrogens with zero attached hydrogens (tertiary/aromatic N) is 18. The van der Waals surface area contributed by atoms with Crippen molar-refractivity contribution in [3.05, 3.63) is 0 Å². The van der Waals surface area contributed by atoms with Crippen molar-refractivity contribution < 1.29 is 0 Å². The van der Waals surface area contributed by atoms with Gasteiger partial charge in [0.15, 0.2) is 0 Å². The molecule has 0 aromatic rings. The van der Waals surface area contributed by atoms with Crippen molar-refractivity contribution in [2.75, 3.05) is 358 Å². The van der Waals surface area contributed by atoms with Crippen molar-refractivity contribution >= 4 is 0 Å². The molecule has 18 heteroatoms. The molecule has 0 spiro atoms. The maximum atomic E-state index is 2.72. The summed E-state index contributed by atoms with van der Waals surface area (Å²) in [7, 11) is 20.1. The fourth-order valence-corrected chi connectivity index (χ4v) is 25.6. The Morgan fingerprint density at radius 1 is 0.119 bits per heavy atom. The van der Waals surface area contributed by atoms with Gasteiger partial charge in [-0.05, 0) is 403 Å². The van der Waals surface area contributed by atoms with Crippen molar-refractivity contribution in [2.45, 2.75) is 236 Å². The van der Waals surface area contributed by atoms with Crippen LogP contribution in [0.5, 0.6) is 0 Å². The van der Waals surface area contributed by atoms with E-state index in [-0.39, 0.29) is 0 Å². The molecule has 18 saturated heterocycles. The van der Waals surface area contributed by atoms with Crippen LogP contribution in [0.25, 0.3) is 0 Å². The molecule has 0 N–H and O–H groups in total. The normalized spacial score (nSPS) is 30.4. The van der Waals surface area contributed by atoms with Crippen LogP contribution in [0.15, 0.2) is 0 Å². The summed E-state index contributed by atoms with van der Waals surface area (Å²) < 4.78 is 0. The van der Waals surface area contributed by atoms with Gasteiger partial charge in [-0.1, -0.05) is 120 Å². The molecular formula is C108H216N18. The summed E-state index contributed by atoms with van der Waals surface area (Å²) in [5.74, 6) is 17.8. The highest BCUT2D eigenvalue weighted by Crippen LogP contribution is 2.33. The summed E-state index contributed by atoms with van der Waals surface area (Å²) in [5.41, 5.74) is 0. The molecule has 18 nitrogen and oxygen atoms in total. The number of piperidine rings is 6. The Kier molecular flexibility index (Phi) is 50.1. The first-order valence-electron chi connectivity index (χ1n) is 55.7. The van der Waals surface area contributed by atoms with Gasteiger partial charge in [0.05, 0.1) is 0 Å². The fourth-order valence-electron chi connectivity index (χ4n) is 25.6. The Morgan fingerprint density at radius 2 is 0.270 bits per heavy atom. The Balaban J connectivity index is 0.000000148. The van der Waals surface area contributed by atoms with E-state index in [9.17, 15) is 0 Å². The van der Waals surface area contributed by atoms with Gasteiger partial charge in [0.25, 0.3) is 0 Å². The molecule has 0 bridgehead atoms. The van der Waals surface area contributed by atoms with Crippen LogP contribution in [0.3, 0.4) is 0 Å². The third-order valence-corrected chi connectivity index (χ3v) is 35.6. The second kappa shape index (κ2) is 58.8. The fraction of sp³-hybridized carbons (Fsp3) is 1.00. The van der Waals surface area contributed by atoms with E-state index in [4.69, 9.17) is 0 Å². The summed E-state index contributed by atoms with van der Waals surface area (Å²) >= 11 is 0. The van der Waals surface area contributed by atoms with Crippen molar-refractivity contribution in [2.24, 2.45) is 107 Å². The van der Waals surface area contributed by atoms with E-state index in [0.29, 0.717) is 0 Å². The molecule has 18 aliphatic heterocycles. The van der Waals surface area contributed by atoms with E-state index >= 15 is 0 Å². The molecule has 6 unspecified atom stereocenters. The summed E-state index contributed by atoms with van der Waals surface area (Å²) in [6.45, 7) is 81.7. The van der Waals surface area contributed by atoms with Crippen LogP contribution < -0.4 is 0 Å². The first-order chi connectivity index (χ1) is 61.0. The lowest BCUT2D eigenvalue weighted by Crippen LogP contribution is -2.54. The molecule has 6 atom stereocenters. The molecule has 738 valence electrons. The van der Waals surface area contributed by atoms with Gasteiger partial charge in [-0.15, -0.1) is 0 Å². The van der Waals surface area contributed by atoms with Gasteiger partial charge in [-0.25, -0.2) is 0 Å². The molecule has 0 aromatic heterocycles. The lowest BCUT2D eigenvalue weighted by atomic mass is 9.91. The van der Waals surface area contributed by atoms with Crippen LogP contribution in [0, 0.1) is 107 Å². The average molecular weight is 1770 g/mol. The van der Waals surface area contributed by atoms with E-state index in [1.54, 1.807) is 0 Å². The second-order valence-corrected chi connectivity index (χ2v) is 47.2. The molecule has 0 saturated carbocycles. The van der Waals surface area contributed by atoms with Crippen LogP contribution in [0.4, 0.5) is 0 Å². The average Bonchev–Trinajstić information content (AvgIpc) is 1.53. The molecule has 18 heterocycles. The van der Waals surface area contributed by atoms with Crippen molar-refractivity contribution in [1.82, 2.24) is 88.2 Å². The zero-order valence-corrected chi connectivity index (χ0v) is 87.4. The van der Waals surface area contributed by atoms with Gasteiger partial charge in [0.2, 0.25) is 0 Å². The molecule has 0 amide bonds. The maximum Gasteiger partial charge on any atom is 0.00344 e. The lowest BCUT2D eigenvalue weighted by Gasteiger charge is -2.45. The summed E-state index contributed by atoms with van der Waals surface area (Å²) in [4.78, 5) is 46.1. The van der Waals surface area contributed by atoms with Gasteiger partial charge in [-0.2, -0.15) is 0 Å². The van der Waals surface area contributed by atoms with Gasteiger partial charge in [0.1, 0.15) is 0 Å². The Labute approximate surface area is 783 Å². The van der Waals surface area contributed by atoms with E-state index in [1.807, 2.05) is 0 Å². The third-order valence-electron chi connectivity index (χ3n) is 35.6. The van der Waals surface area contributed by atoms with Gasteiger partial charge in [-0.3, -0.25) is 0 Å². The molecule has 0 aliphatic carbocycles. The van der Waals surface area contributed by atoms with Crippen LogP contribution in [0.1, 0.15) is 236 Å². The van der Waals surface area contributed by atoms with Gasteiger partial charge >= 0.3 is 0 Å². The van der Waals surface area contributed by atoms with Crippen LogP contribution in [-0.4, -0.2) is 446 Å². The van der Waals surface area contributed by atoms with E-state index < -0.39 is 0 Å². The number of hydrogen-bond acceptors (Lipinski definition) is 18. The third kappa shape index (κ3) is 39.8. The minimum absolute atomic E-state index is 0.952. The predicted octanol–water partition coefficient (Wildman–Crippen LogP) is 15.0. The minimum Gasteiger partial charge on any atom is -0.306 e. The zero-order chi connectivity index (χ0) is 89.7. The largest absolute Gasteiger partial charge is 0.306 e. The van der Waals surface area contributed by atoms with E-state index in [0.717, 1.165) is 107 Å². The van der Waals surface area contributed by atoms with Crippen molar-refractivity contribution in [1.29, 1.82) is 0 Å². The summed E-state index contributed by atoms with van der Waals surface area (Å²) in [6.07, 6.45) is 38.2. The number of rotatable bonds is 27. The quantitative estimate of drug-likeness (QED) is 0.0783. The second-order valence-electron chi connectivity index (χ2n) is 47.2. The minimum atomic E-state index is 0.952. The van der Waals surface area contributed by atoms with E-state index in [1.165, 1.54) is 468 Å². The Morgan fingerprint density at radius 3 is 0.500 bits per heavy atom. The Bertz CT molecular complexity index is 2690. The van der Waals surface area contributed by atoms with Gasteiger partial charge in [0, 0.05) is 177 Å². The molecular weight excluding hydrogens is 1550 g/mol. The van der Waals surface area contributed by atoms with Crippen molar-refractivity contribution in [3.63, 3.8) is 0 Å². The van der Waals surface area contributed by atoms with E-state index in [2.05, 4.69) is 214 Å². The first-order valence-corrected chi connectivity index (χ1v) is 55.7.